The minimum Gasteiger partial charge on any atom is -0.407 e. The largest absolute Gasteiger partial charge is 0.407 e. The molecule has 180 valence electrons. The summed E-state index contributed by atoms with van der Waals surface area (Å²) in [4.78, 5) is 14.0. The number of hydrogen-bond donors (Lipinski definition) is 1. The van der Waals surface area contributed by atoms with E-state index in [1.165, 1.54) is 21.3 Å². The number of nitrogens with one attached hydrogen (secondary N) is 1. The van der Waals surface area contributed by atoms with Gasteiger partial charge in [-0.2, -0.15) is 4.31 Å². The molecule has 1 aliphatic rings. The van der Waals surface area contributed by atoms with Crippen molar-refractivity contribution in [1.29, 1.82) is 0 Å². The highest BCUT2D eigenvalue weighted by molar-refractivity contribution is 7.99. The summed E-state index contributed by atoms with van der Waals surface area (Å²) in [7, 11) is -3.82. The van der Waals surface area contributed by atoms with Gasteiger partial charge in [0.2, 0.25) is 21.8 Å². The van der Waals surface area contributed by atoms with Gasteiger partial charge in [-0.05, 0) is 60.6 Å². The topological polar surface area (TPSA) is 105 Å². The zero-order chi connectivity index (χ0) is 24.1. The number of nitrogens with zero attached hydrogens (tertiary/aromatic N) is 3. The van der Waals surface area contributed by atoms with Crippen LogP contribution in [-0.2, 0) is 21.2 Å². The number of rotatable bonds is 8. The van der Waals surface area contributed by atoms with E-state index in [4.69, 9.17) is 4.42 Å². The Kier molecular flexibility index (Phi) is 7.64. The number of thioether (sulfide) groups is 1. The van der Waals surface area contributed by atoms with Gasteiger partial charge < -0.3 is 4.42 Å². The van der Waals surface area contributed by atoms with Gasteiger partial charge in [-0.25, -0.2) is 12.8 Å². The van der Waals surface area contributed by atoms with Crippen molar-refractivity contribution >= 4 is 33.7 Å². The van der Waals surface area contributed by atoms with E-state index in [1.807, 2.05) is 24.3 Å². The molecule has 0 bridgehead atoms. The Hall–Kier alpha value is -2.76. The zero-order valence-corrected chi connectivity index (χ0v) is 20.2. The molecule has 1 fully saturated rings. The number of benzene rings is 2. The Bertz CT molecular complexity index is 1230. The van der Waals surface area contributed by atoms with Crippen molar-refractivity contribution in [3.63, 3.8) is 0 Å². The Morgan fingerprint density at radius 3 is 2.62 bits per heavy atom. The molecule has 0 radical (unpaired) electrons. The highest BCUT2D eigenvalue weighted by atomic mass is 32.2. The summed E-state index contributed by atoms with van der Waals surface area (Å²) >= 11 is 1.76. The molecule has 1 saturated heterocycles. The zero-order valence-electron chi connectivity index (χ0n) is 18.6. The average molecular weight is 505 g/mol. The van der Waals surface area contributed by atoms with E-state index in [0.717, 1.165) is 23.4 Å². The van der Waals surface area contributed by atoms with Gasteiger partial charge in [-0.1, -0.05) is 24.2 Å². The van der Waals surface area contributed by atoms with Gasteiger partial charge in [0, 0.05) is 18.0 Å². The molecule has 2 aromatic carbocycles. The fourth-order valence-corrected chi connectivity index (χ4v) is 5.94. The highest BCUT2D eigenvalue weighted by Gasteiger charge is 2.33. The number of carbonyl (C=O) groups excluding carboxylic acids is 1. The second kappa shape index (κ2) is 10.7. The van der Waals surface area contributed by atoms with E-state index < -0.39 is 21.8 Å². The van der Waals surface area contributed by atoms with Crippen LogP contribution >= 0.6 is 11.8 Å². The molecule has 0 spiro atoms. The lowest BCUT2D eigenvalue weighted by Gasteiger charge is -2.30. The molecule has 34 heavy (non-hydrogen) atoms. The van der Waals surface area contributed by atoms with E-state index in [9.17, 15) is 17.6 Å². The van der Waals surface area contributed by atoms with Crippen LogP contribution in [0.5, 0.6) is 0 Å². The SMILES string of the molecule is CCSc1ccc(Cc2nnc(NC(=O)C3CCCN(S(=O)(=O)c4ccc(F)cc4)C3)o2)cc1. The molecule has 0 aliphatic carbocycles. The van der Waals surface area contributed by atoms with Crippen molar-refractivity contribution in [3.05, 3.63) is 65.8 Å². The first-order chi connectivity index (χ1) is 16.3. The Balaban J connectivity index is 1.36. The van der Waals surface area contributed by atoms with Crippen molar-refractivity contribution in [1.82, 2.24) is 14.5 Å². The van der Waals surface area contributed by atoms with E-state index in [1.54, 1.807) is 11.8 Å². The lowest BCUT2D eigenvalue weighted by atomic mass is 9.99. The maximum atomic E-state index is 13.2. The van der Waals surface area contributed by atoms with Gasteiger partial charge in [0.1, 0.15) is 5.82 Å². The van der Waals surface area contributed by atoms with Crippen LogP contribution in [0.1, 0.15) is 31.2 Å². The monoisotopic (exact) mass is 504 g/mol. The molecule has 3 aromatic rings. The quantitative estimate of drug-likeness (QED) is 0.463. The van der Waals surface area contributed by atoms with Crippen molar-refractivity contribution in [2.75, 3.05) is 24.2 Å². The Morgan fingerprint density at radius 1 is 1.18 bits per heavy atom. The van der Waals surface area contributed by atoms with E-state index in [-0.39, 0.29) is 23.4 Å². The standard InChI is InChI=1S/C23H25FN4O4S2/c1-2-33-19-9-5-16(6-10-19)14-21-26-27-23(32-21)25-22(29)17-4-3-13-28(15-17)34(30,31)20-11-7-18(24)8-12-20/h5-12,17H,2-4,13-15H2,1H3,(H,25,27,29). The Labute approximate surface area is 202 Å². The van der Waals surface area contributed by atoms with Crippen LogP contribution in [0.2, 0.25) is 0 Å². The van der Waals surface area contributed by atoms with Crippen LogP contribution < -0.4 is 5.32 Å². The van der Waals surface area contributed by atoms with Crippen LogP contribution in [-0.4, -0.2) is 47.7 Å². The van der Waals surface area contributed by atoms with Gasteiger partial charge >= 0.3 is 6.01 Å². The Morgan fingerprint density at radius 2 is 1.91 bits per heavy atom. The molecule has 4 rings (SSSR count). The number of anilines is 1. The summed E-state index contributed by atoms with van der Waals surface area (Å²) < 4.78 is 45.8. The van der Waals surface area contributed by atoms with Crippen molar-refractivity contribution in [2.45, 2.75) is 36.0 Å². The molecule has 1 unspecified atom stereocenters. The predicted molar refractivity (Wildman–Crippen MR) is 126 cm³/mol. The van der Waals surface area contributed by atoms with Crippen LogP contribution in [0.3, 0.4) is 0 Å². The van der Waals surface area contributed by atoms with Gasteiger partial charge in [-0.15, -0.1) is 16.9 Å². The number of piperidine rings is 1. The first-order valence-corrected chi connectivity index (χ1v) is 13.4. The minimum absolute atomic E-state index is 0.00202. The fraction of sp³-hybridized carbons (Fsp3) is 0.348. The molecule has 8 nitrogen and oxygen atoms in total. The maximum absolute atomic E-state index is 13.2. The third-order valence-corrected chi connectivity index (χ3v) is 8.27. The van der Waals surface area contributed by atoms with Gasteiger partial charge in [-0.3, -0.25) is 10.1 Å². The lowest BCUT2D eigenvalue weighted by molar-refractivity contribution is -0.121. The van der Waals surface area contributed by atoms with Gasteiger partial charge in [0.25, 0.3) is 0 Å². The number of amides is 1. The number of carbonyl (C=O) groups is 1. The second-order valence-corrected chi connectivity index (χ2v) is 11.2. The number of hydrogen-bond acceptors (Lipinski definition) is 7. The first kappa shape index (κ1) is 24.4. The summed E-state index contributed by atoms with van der Waals surface area (Å²) in [5, 5.41) is 10.5. The molecular formula is C23H25FN4O4S2. The third kappa shape index (κ3) is 5.83. The second-order valence-electron chi connectivity index (χ2n) is 7.90. The normalized spacial score (nSPS) is 16.9. The third-order valence-electron chi connectivity index (χ3n) is 5.49. The molecule has 1 aromatic heterocycles. The maximum Gasteiger partial charge on any atom is 0.322 e. The molecule has 11 heteroatoms. The van der Waals surface area contributed by atoms with Crippen LogP contribution in [0.15, 0.2) is 62.7 Å². The first-order valence-electron chi connectivity index (χ1n) is 11.0. The van der Waals surface area contributed by atoms with E-state index in [2.05, 4.69) is 22.4 Å². The van der Waals surface area contributed by atoms with E-state index in [0.29, 0.717) is 31.7 Å². The average Bonchev–Trinajstić information content (AvgIpc) is 3.27. The molecular weight excluding hydrogens is 479 g/mol. The summed E-state index contributed by atoms with van der Waals surface area (Å²) in [5.41, 5.74) is 1.01. The highest BCUT2D eigenvalue weighted by Crippen LogP contribution is 2.25. The van der Waals surface area contributed by atoms with Crippen LogP contribution in [0, 0.1) is 11.7 Å². The van der Waals surface area contributed by atoms with Crippen LogP contribution in [0.25, 0.3) is 0 Å². The number of aromatic nitrogens is 2. The summed E-state index contributed by atoms with van der Waals surface area (Å²) in [6.45, 7) is 2.42. The van der Waals surface area contributed by atoms with Crippen molar-refractivity contribution in [2.24, 2.45) is 5.92 Å². The summed E-state index contributed by atoms with van der Waals surface area (Å²) in [6.07, 6.45) is 1.50. The molecule has 1 amide bonds. The lowest BCUT2D eigenvalue weighted by Crippen LogP contribution is -2.43. The van der Waals surface area contributed by atoms with Gasteiger partial charge in [0.15, 0.2) is 0 Å². The minimum atomic E-state index is -3.82. The number of halogens is 1. The smallest absolute Gasteiger partial charge is 0.322 e. The fourth-order valence-electron chi connectivity index (χ4n) is 3.76. The summed E-state index contributed by atoms with van der Waals surface area (Å²) in [5.74, 6) is -0.0853. The molecule has 2 heterocycles. The van der Waals surface area contributed by atoms with Gasteiger partial charge in [0.05, 0.1) is 17.2 Å². The predicted octanol–water partition coefficient (Wildman–Crippen LogP) is 3.95. The number of sulfonamides is 1. The van der Waals surface area contributed by atoms with Crippen molar-refractivity contribution < 1.29 is 22.0 Å². The molecule has 0 saturated carbocycles. The molecule has 1 atom stereocenters. The molecule has 1 N–H and O–H groups in total. The summed E-state index contributed by atoms with van der Waals surface area (Å²) in [6, 6.07) is 12.7. The molecule has 1 aliphatic heterocycles. The van der Waals surface area contributed by atoms with Crippen LogP contribution in [0.4, 0.5) is 10.4 Å². The van der Waals surface area contributed by atoms with E-state index >= 15 is 0 Å². The van der Waals surface area contributed by atoms with Crippen molar-refractivity contribution in [3.8, 4) is 0 Å².